The number of amides is 2. The molecular weight excluding hydrogens is 414 g/mol. The van der Waals surface area contributed by atoms with Gasteiger partial charge in [-0.25, -0.2) is 19.6 Å². The molecule has 2 aliphatic heterocycles. The molecule has 4 rings (SSSR count). The van der Waals surface area contributed by atoms with Crippen molar-refractivity contribution in [1.29, 1.82) is 0 Å². The zero-order chi connectivity index (χ0) is 23.5. The van der Waals surface area contributed by atoms with Crippen LogP contribution in [0.1, 0.15) is 47.5 Å². The molecule has 3 fully saturated rings. The smallest absolute Gasteiger partial charge is 0.410 e. The van der Waals surface area contributed by atoms with Crippen molar-refractivity contribution in [2.75, 3.05) is 44.2 Å². The van der Waals surface area contributed by atoms with Gasteiger partial charge in [0.25, 0.3) is 0 Å². The zero-order valence-corrected chi connectivity index (χ0v) is 19.7. The highest BCUT2D eigenvalue weighted by Gasteiger charge is 2.56. The molecule has 0 bridgehead atoms. The van der Waals surface area contributed by atoms with E-state index in [1.807, 2.05) is 39.5 Å². The number of ether oxygens (including phenoxy) is 2. The minimum Gasteiger partial charge on any atom is -0.505 e. The molecule has 2 saturated heterocycles. The lowest BCUT2D eigenvalue weighted by atomic mass is 9.62. The number of hydrogen-bond acceptors (Lipinski definition) is 8. The first-order chi connectivity index (χ1) is 15.1. The third kappa shape index (κ3) is 5.52. The monoisotopic (exact) mass is 449 g/mol. The molecular formula is C22H35N5O5. The molecule has 32 heavy (non-hydrogen) atoms. The first-order valence-electron chi connectivity index (χ1n) is 11.3. The summed E-state index contributed by atoms with van der Waals surface area (Å²) in [6, 6.07) is 0. The van der Waals surface area contributed by atoms with E-state index in [-0.39, 0.29) is 29.5 Å². The van der Waals surface area contributed by atoms with E-state index in [0.29, 0.717) is 45.2 Å². The van der Waals surface area contributed by atoms with Crippen LogP contribution in [-0.2, 0) is 9.47 Å². The quantitative estimate of drug-likeness (QED) is 0.734. The Balaban J connectivity index is 0.00000141. The molecule has 10 nitrogen and oxygen atoms in total. The maximum Gasteiger partial charge on any atom is 0.410 e. The van der Waals surface area contributed by atoms with Crippen molar-refractivity contribution in [2.45, 2.75) is 59.2 Å². The van der Waals surface area contributed by atoms with Crippen LogP contribution in [0.25, 0.3) is 0 Å². The number of rotatable bonds is 2. The molecule has 1 N–H and O–H groups in total. The van der Waals surface area contributed by atoms with Gasteiger partial charge in [-0.05, 0) is 33.6 Å². The highest BCUT2D eigenvalue weighted by atomic mass is 16.6. The molecule has 10 heteroatoms. The molecule has 2 amide bonds. The average Bonchev–Trinajstić information content (AvgIpc) is 2.69. The molecule has 1 spiro atoms. The fraction of sp³-hybridized carbons (Fsp3) is 0.727. The van der Waals surface area contributed by atoms with Gasteiger partial charge in [-0.1, -0.05) is 13.8 Å². The summed E-state index contributed by atoms with van der Waals surface area (Å²) < 4.78 is 11.0. The van der Waals surface area contributed by atoms with E-state index in [0.717, 1.165) is 12.8 Å². The van der Waals surface area contributed by atoms with Crippen molar-refractivity contribution in [3.8, 4) is 5.75 Å². The minimum absolute atomic E-state index is 0.0277. The van der Waals surface area contributed by atoms with Gasteiger partial charge in [-0.2, -0.15) is 0 Å². The van der Waals surface area contributed by atoms with E-state index in [1.54, 1.807) is 9.80 Å². The Morgan fingerprint density at radius 2 is 1.56 bits per heavy atom. The van der Waals surface area contributed by atoms with Crippen LogP contribution in [0.3, 0.4) is 0 Å². The van der Waals surface area contributed by atoms with Gasteiger partial charge in [0.05, 0.1) is 12.4 Å². The summed E-state index contributed by atoms with van der Waals surface area (Å²) in [4.78, 5) is 38.1. The van der Waals surface area contributed by atoms with Crippen molar-refractivity contribution < 1.29 is 24.2 Å². The van der Waals surface area contributed by atoms with Crippen molar-refractivity contribution in [2.24, 2.45) is 5.41 Å². The van der Waals surface area contributed by atoms with Crippen LogP contribution in [-0.4, -0.2) is 88.0 Å². The Bertz CT molecular complexity index is 788. The number of hydrogen-bond donors (Lipinski definition) is 1. The molecule has 0 radical (unpaired) electrons. The summed E-state index contributed by atoms with van der Waals surface area (Å²) >= 11 is 0. The predicted molar refractivity (Wildman–Crippen MR) is 119 cm³/mol. The predicted octanol–water partition coefficient (Wildman–Crippen LogP) is 2.87. The maximum absolute atomic E-state index is 12.5. The number of nitrogens with zero attached hydrogens (tertiary/aromatic N) is 5. The molecule has 178 valence electrons. The lowest BCUT2D eigenvalue weighted by Gasteiger charge is -2.57. The summed E-state index contributed by atoms with van der Waals surface area (Å²) in [5, 5.41) is 9.29. The van der Waals surface area contributed by atoms with Gasteiger partial charge >= 0.3 is 12.2 Å². The van der Waals surface area contributed by atoms with Gasteiger partial charge in [-0.3, -0.25) is 0 Å². The summed E-state index contributed by atoms with van der Waals surface area (Å²) in [5.41, 5.74) is -0.410. The molecule has 3 aliphatic rings. The Hall–Kier alpha value is -2.78. The van der Waals surface area contributed by atoms with Gasteiger partial charge in [0.15, 0.2) is 5.75 Å². The van der Waals surface area contributed by atoms with Crippen LogP contribution in [0.4, 0.5) is 15.5 Å². The number of likely N-dealkylation sites (tertiary alicyclic amines) is 1. The van der Waals surface area contributed by atoms with Crippen molar-refractivity contribution in [3.63, 3.8) is 0 Å². The Morgan fingerprint density at radius 1 is 1.00 bits per heavy atom. The van der Waals surface area contributed by atoms with Gasteiger partial charge in [0.1, 0.15) is 11.7 Å². The fourth-order valence-corrected chi connectivity index (χ4v) is 4.25. The Labute approximate surface area is 189 Å². The normalized spacial score (nSPS) is 20.0. The van der Waals surface area contributed by atoms with Crippen LogP contribution in [0.15, 0.2) is 12.4 Å². The third-order valence-electron chi connectivity index (χ3n) is 5.74. The molecule has 0 unspecified atom stereocenters. The first kappa shape index (κ1) is 23.9. The minimum atomic E-state index is -0.490. The number of aromatic nitrogens is 2. The van der Waals surface area contributed by atoms with Gasteiger partial charge in [-0.15, -0.1) is 0 Å². The second-order valence-electron chi connectivity index (χ2n) is 9.47. The average molecular weight is 450 g/mol. The fourth-order valence-electron chi connectivity index (χ4n) is 4.25. The molecule has 1 aliphatic carbocycles. The van der Waals surface area contributed by atoms with E-state index in [4.69, 9.17) is 9.47 Å². The van der Waals surface area contributed by atoms with Crippen LogP contribution in [0, 0.1) is 5.41 Å². The second kappa shape index (κ2) is 9.38. The lowest BCUT2D eigenvalue weighted by molar-refractivity contribution is -0.130. The van der Waals surface area contributed by atoms with Crippen molar-refractivity contribution in [3.05, 3.63) is 12.4 Å². The van der Waals surface area contributed by atoms with Crippen LogP contribution >= 0.6 is 0 Å². The molecule has 1 saturated carbocycles. The Morgan fingerprint density at radius 3 is 2.09 bits per heavy atom. The highest BCUT2D eigenvalue weighted by Crippen LogP contribution is 2.50. The van der Waals surface area contributed by atoms with Gasteiger partial charge in [0, 0.05) is 44.7 Å². The van der Waals surface area contributed by atoms with Gasteiger partial charge in [0.2, 0.25) is 5.95 Å². The zero-order valence-electron chi connectivity index (χ0n) is 19.7. The van der Waals surface area contributed by atoms with Crippen molar-refractivity contribution >= 4 is 18.1 Å². The summed E-state index contributed by atoms with van der Waals surface area (Å²) in [5.74, 6) is 0.571. The summed E-state index contributed by atoms with van der Waals surface area (Å²) in [6.45, 7) is 13.2. The lowest BCUT2D eigenvalue weighted by Crippen LogP contribution is -2.66. The number of carbonyl (C=O) groups excluding carboxylic acids is 2. The van der Waals surface area contributed by atoms with Crippen LogP contribution < -0.4 is 4.90 Å². The summed E-state index contributed by atoms with van der Waals surface area (Å²) in [6.07, 6.45) is 3.66. The Kier molecular flexibility index (Phi) is 7.00. The molecule has 1 aromatic rings. The van der Waals surface area contributed by atoms with Crippen molar-refractivity contribution in [1.82, 2.24) is 19.8 Å². The molecule has 3 heterocycles. The van der Waals surface area contributed by atoms with E-state index in [1.165, 1.54) is 12.4 Å². The standard InChI is InChI=1S/C20H29N5O5.C2H6/c1-19(2,3)30-18(28)25-12-20(13-25)8-15(9-20)29-17(27)24-6-4-23(5-7-24)16-21-10-14(26)11-22-16;1-2/h10-11,15,26H,4-9,12-13H2,1-3H3;1-2H3. The van der Waals surface area contributed by atoms with E-state index >= 15 is 0 Å². The molecule has 1 aromatic heterocycles. The third-order valence-corrected chi connectivity index (χ3v) is 5.74. The first-order valence-corrected chi connectivity index (χ1v) is 11.3. The number of piperazine rings is 1. The van der Waals surface area contributed by atoms with E-state index in [9.17, 15) is 14.7 Å². The van der Waals surface area contributed by atoms with E-state index < -0.39 is 5.60 Å². The number of carbonyl (C=O) groups is 2. The second-order valence-corrected chi connectivity index (χ2v) is 9.47. The maximum atomic E-state index is 12.5. The topological polar surface area (TPSA) is 108 Å². The number of aromatic hydroxyl groups is 1. The largest absolute Gasteiger partial charge is 0.505 e. The molecule has 0 atom stereocenters. The van der Waals surface area contributed by atoms with Crippen LogP contribution in [0.2, 0.25) is 0 Å². The summed E-state index contributed by atoms with van der Waals surface area (Å²) in [7, 11) is 0. The van der Waals surface area contributed by atoms with Gasteiger partial charge < -0.3 is 29.3 Å². The number of anilines is 1. The highest BCUT2D eigenvalue weighted by molar-refractivity contribution is 5.70. The van der Waals surface area contributed by atoms with E-state index in [2.05, 4.69) is 9.97 Å². The SMILES string of the molecule is CC.CC(C)(C)OC(=O)N1CC2(CC(OC(=O)N3CCN(c4ncc(O)cn4)CC3)C2)C1. The molecule has 0 aromatic carbocycles. The van der Waals surface area contributed by atoms with Crippen LogP contribution in [0.5, 0.6) is 5.75 Å².